The highest BCUT2D eigenvalue weighted by molar-refractivity contribution is 6.09. The molecule has 0 unspecified atom stereocenters. The van der Waals surface area contributed by atoms with E-state index in [-0.39, 0.29) is 11.3 Å². The molecule has 1 fully saturated rings. The van der Waals surface area contributed by atoms with Crippen LogP contribution in [0.5, 0.6) is 5.88 Å². The molecule has 180 valence electrons. The summed E-state index contributed by atoms with van der Waals surface area (Å²) in [6.07, 6.45) is 6.19. The fourth-order valence-electron chi connectivity index (χ4n) is 6.25. The van der Waals surface area contributed by atoms with E-state index in [1.807, 2.05) is 27.7 Å². The highest BCUT2D eigenvalue weighted by Crippen LogP contribution is 2.53. The SMILES string of the molecule is Cc1nc(N)c2c(n1)OC(C)(C)C(c1ccc3c(c1)CCC31CCC(C(C)(C)C(=O)O)CC1)=N2. The number of aromatic nitrogens is 2. The Labute approximate surface area is 200 Å². The molecule has 1 aromatic heterocycles. The van der Waals surface area contributed by atoms with Gasteiger partial charge in [0.1, 0.15) is 11.4 Å². The number of anilines is 1. The lowest BCUT2D eigenvalue weighted by Crippen LogP contribution is -2.41. The van der Waals surface area contributed by atoms with Crippen LogP contribution in [0.3, 0.4) is 0 Å². The van der Waals surface area contributed by atoms with Crippen LogP contribution in [0, 0.1) is 18.3 Å². The molecular formula is C27H34N4O3. The smallest absolute Gasteiger partial charge is 0.309 e. The van der Waals surface area contributed by atoms with Gasteiger partial charge in [-0.15, -0.1) is 0 Å². The number of carbonyl (C=O) groups is 1. The topological polar surface area (TPSA) is 111 Å². The zero-order valence-electron chi connectivity index (χ0n) is 20.7. The lowest BCUT2D eigenvalue weighted by atomic mass is 9.61. The molecule has 0 atom stereocenters. The van der Waals surface area contributed by atoms with E-state index in [1.165, 1.54) is 11.1 Å². The molecule has 1 spiro atoms. The maximum atomic E-state index is 11.7. The zero-order valence-corrected chi connectivity index (χ0v) is 20.7. The van der Waals surface area contributed by atoms with E-state index in [0.717, 1.165) is 49.8 Å². The van der Waals surface area contributed by atoms with Gasteiger partial charge in [0.05, 0.1) is 11.1 Å². The predicted molar refractivity (Wildman–Crippen MR) is 132 cm³/mol. The second-order valence-corrected chi connectivity index (χ2v) is 11.3. The molecule has 7 nitrogen and oxygen atoms in total. The van der Waals surface area contributed by atoms with Gasteiger partial charge in [-0.2, -0.15) is 4.98 Å². The quantitative estimate of drug-likeness (QED) is 0.653. The first-order chi connectivity index (χ1) is 15.9. The molecule has 34 heavy (non-hydrogen) atoms. The number of carboxylic acid groups (broad SMARTS) is 1. The maximum Gasteiger partial charge on any atom is 0.309 e. The van der Waals surface area contributed by atoms with Crippen LogP contribution in [0.25, 0.3) is 0 Å². The Balaban J connectivity index is 1.45. The number of aliphatic carboxylic acids is 1. The normalized spacial score (nSPS) is 25.3. The summed E-state index contributed by atoms with van der Waals surface area (Å²) < 4.78 is 6.23. The van der Waals surface area contributed by atoms with Gasteiger partial charge in [-0.25, -0.2) is 9.98 Å². The van der Waals surface area contributed by atoms with Crippen molar-refractivity contribution in [3.8, 4) is 5.88 Å². The molecule has 0 radical (unpaired) electrons. The average Bonchev–Trinajstić information content (AvgIpc) is 3.10. The number of benzene rings is 1. The average molecular weight is 463 g/mol. The van der Waals surface area contributed by atoms with Crippen molar-refractivity contribution in [3.63, 3.8) is 0 Å². The first-order valence-electron chi connectivity index (χ1n) is 12.2. The van der Waals surface area contributed by atoms with Gasteiger partial charge in [0.25, 0.3) is 0 Å². The molecule has 0 amide bonds. The summed E-state index contributed by atoms with van der Waals surface area (Å²) in [4.78, 5) is 25.3. The first-order valence-corrected chi connectivity index (χ1v) is 12.2. The number of aryl methyl sites for hydroxylation is 2. The molecular weight excluding hydrogens is 428 g/mol. The van der Waals surface area contributed by atoms with Gasteiger partial charge in [0, 0.05) is 5.56 Å². The number of nitrogens with two attached hydrogens (primary N) is 1. The number of hydrogen-bond donors (Lipinski definition) is 2. The molecule has 0 saturated heterocycles. The van der Waals surface area contributed by atoms with E-state index in [0.29, 0.717) is 23.2 Å². The van der Waals surface area contributed by atoms with Crippen LogP contribution in [0.15, 0.2) is 23.2 Å². The van der Waals surface area contributed by atoms with Crippen LogP contribution in [0.4, 0.5) is 11.5 Å². The third-order valence-corrected chi connectivity index (χ3v) is 8.47. The summed E-state index contributed by atoms with van der Waals surface area (Å²) in [5.74, 6) is 0.863. The molecule has 1 aliphatic heterocycles. The molecule has 3 N–H and O–H groups in total. The van der Waals surface area contributed by atoms with Gasteiger partial charge >= 0.3 is 5.97 Å². The molecule has 2 aromatic rings. The van der Waals surface area contributed by atoms with E-state index in [4.69, 9.17) is 15.5 Å². The highest BCUT2D eigenvalue weighted by Gasteiger charge is 2.47. The Hall–Kier alpha value is -2.96. The van der Waals surface area contributed by atoms with Crippen LogP contribution in [0.1, 0.15) is 82.3 Å². The van der Waals surface area contributed by atoms with E-state index in [9.17, 15) is 9.90 Å². The molecule has 1 aromatic carbocycles. The summed E-state index contributed by atoms with van der Waals surface area (Å²) >= 11 is 0. The number of aliphatic imine (C=N–C) groups is 1. The number of nitrogens with zero attached hydrogens (tertiary/aromatic N) is 3. The van der Waals surface area contributed by atoms with Crippen molar-refractivity contribution in [3.05, 3.63) is 40.7 Å². The lowest BCUT2D eigenvalue weighted by molar-refractivity contribution is -0.151. The predicted octanol–water partition coefficient (Wildman–Crippen LogP) is 5.14. The summed E-state index contributed by atoms with van der Waals surface area (Å²) in [6, 6.07) is 6.68. The second-order valence-electron chi connectivity index (χ2n) is 11.3. The van der Waals surface area contributed by atoms with Crippen molar-refractivity contribution in [1.29, 1.82) is 0 Å². The van der Waals surface area contributed by atoms with Crippen molar-refractivity contribution < 1.29 is 14.6 Å². The van der Waals surface area contributed by atoms with Gasteiger partial charge in [0.2, 0.25) is 5.88 Å². The van der Waals surface area contributed by atoms with Crippen molar-refractivity contribution in [1.82, 2.24) is 9.97 Å². The summed E-state index contributed by atoms with van der Waals surface area (Å²) in [5, 5.41) is 9.66. The van der Waals surface area contributed by atoms with Crippen molar-refractivity contribution >= 4 is 23.2 Å². The van der Waals surface area contributed by atoms with E-state index < -0.39 is 17.0 Å². The van der Waals surface area contributed by atoms with Crippen LogP contribution >= 0.6 is 0 Å². The Morgan fingerprint density at radius 1 is 1.18 bits per heavy atom. The number of carboxylic acids is 1. The minimum atomic E-state index is -0.689. The summed E-state index contributed by atoms with van der Waals surface area (Å²) in [5.41, 5.74) is 10.1. The Morgan fingerprint density at radius 2 is 1.88 bits per heavy atom. The van der Waals surface area contributed by atoms with Gasteiger partial charge in [-0.05, 0) is 102 Å². The number of ether oxygens (including phenoxy) is 1. The fourth-order valence-corrected chi connectivity index (χ4v) is 6.25. The number of fused-ring (bicyclic) bond motifs is 3. The highest BCUT2D eigenvalue weighted by atomic mass is 16.5. The Morgan fingerprint density at radius 3 is 2.56 bits per heavy atom. The molecule has 3 aliphatic rings. The fraction of sp³-hybridized carbons (Fsp3) is 0.556. The lowest BCUT2D eigenvalue weighted by Gasteiger charge is -2.42. The van der Waals surface area contributed by atoms with Crippen LogP contribution in [-0.4, -0.2) is 32.4 Å². The van der Waals surface area contributed by atoms with Crippen LogP contribution in [-0.2, 0) is 16.6 Å². The third kappa shape index (κ3) is 3.48. The van der Waals surface area contributed by atoms with Gasteiger partial charge in [0.15, 0.2) is 11.5 Å². The number of hydrogen-bond acceptors (Lipinski definition) is 6. The van der Waals surface area contributed by atoms with Crippen molar-refractivity contribution in [2.75, 3.05) is 5.73 Å². The molecule has 0 bridgehead atoms. The van der Waals surface area contributed by atoms with E-state index >= 15 is 0 Å². The zero-order chi connectivity index (χ0) is 24.5. The molecule has 1 saturated carbocycles. The second kappa shape index (κ2) is 7.52. The minimum Gasteiger partial charge on any atom is -0.481 e. The van der Waals surface area contributed by atoms with Crippen molar-refractivity contribution in [2.45, 2.75) is 84.2 Å². The molecule has 5 rings (SSSR count). The minimum absolute atomic E-state index is 0.168. The number of nitrogen functional groups attached to an aromatic ring is 1. The largest absolute Gasteiger partial charge is 0.481 e. The van der Waals surface area contributed by atoms with Gasteiger partial charge in [-0.1, -0.05) is 12.1 Å². The Bertz CT molecular complexity index is 1210. The molecule has 2 heterocycles. The first kappa shape index (κ1) is 22.8. The van der Waals surface area contributed by atoms with E-state index in [1.54, 1.807) is 6.92 Å². The van der Waals surface area contributed by atoms with Crippen LogP contribution < -0.4 is 10.5 Å². The Kier molecular flexibility index (Phi) is 5.05. The van der Waals surface area contributed by atoms with E-state index in [2.05, 4.69) is 28.2 Å². The summed E-state index contributed by atoms with van der Waals surface area (Å²) in [6.45, 7) is 9.54. The maximum absolute atomic E-state index is 11.7. The monoisotopic (exact) mass is 462 g/mol. The summed E-state index contributed by atoms with van der Waals surface area (Å²) in [7, 11) is 0. The number of rotatable bonds is 3. The van der Waals surface area contributed by atoms with Crippen molar-refractivity contribution in [2.24, 2.45) is 16.3 Å². The molecule has 7 heteroatoms. The van der Waals surface area contributed by atoms with Gasteiger partial charge < -0.3 is 15.6 Å². The molecule has 2 aliphatic carbocycles. The van der Waals surface area contributed by atoms with Crippen LogP contribution in [0.2, 0.25) is 0 Å². The van der Waals surface area contributed by atoms with Gasteiger partial charge in [-0.3, -0.25) is 4.79 Å². The standard InChI is InChI=1S/C27H34N4O3/c1-15-29-22(28)20-23(30-15)34-26(4,5)21(31-20)17-6-7-19-16(14-17)8-11-27(19)12-9-18(10-13-27)25(2,3)24(32)33/h6-7,14,18H,8-13H2,1-5H3,(H,32,33)(H2,28,29,30). The third-order valence-electron chi connectivity index (χ3n) is 8.47.